The van der Waals surface area contributed by atoms with E-state index in [1.165, 1.54) is 12.0 Å². The molecule has 5 nitrogen and oxygen atoms in total. The highest BCUT2D eigenvalue weighted by molar-refractivity contribution is 7.99. The van der Waals surface area contributed by atoms with Crippen molar-refractivity contribution in [3.05, 3.63) is 85.2 Å². The summed E-state index contributed by atoms with van der Waals surface area (Å²) >= 11 is 18.4. The van der Waals surface area contributed by atoms with E-state index >= 15 is 0 Å². The van der Waals surface area contributed by atoms with Crippen LogP contribution in [0, 0.1) is 0 Å². The smallest absolute Gasteiger partial charge is 0.362 e. The number of aromatic amines is 1. The van der Waals surface area contributed by atoms with E-state index in [2.05, 4.69) is 0 Å². The van der Waals surface area contributed by atoms with E-state index in [0.717, 1.165) is 29.0 Å². The van der Waals surface area contributed by atoms with Gasteiger partial charge >= 0.3 is 5.38 Å². The molecule has 0 saturated carbocycles. The Hall–Kier alpha value is -2.26. The van der Waals surface area contributed by atoms with Crippen molar-refractivity contribution in [2.45, 2.75) is 28.3 Å². The Morgan fingerprint density at radius 3 is 2.42 bits per heavy atom. The van der Waals surface area contributed by atoms with Crippen molar-refractivity contribution in [1.82, 2.24) is 9.88 Å². The Morgan fingerprint density at radius 1 is 1.12 bits per heavy atom. The largest absolute Gasteiger partial charge is 0.497 e. The molecule has 0 unspecified atom stereocenters. The van der Waals surface area contributed by atoms with E-state index in [4.69, 9.17) is 39.5 Å². The van der Waals surface area contributed by atoms with Crippen molar-refractivity contribution < 1.29 is 18.3 Å². The molecule has 2 heterocycles. The lowest BCUT2D eigenvalue weighted by atomic mass is 10.1. The lowest BCUT2D eigenvalue weighted by Gasteiger charge is -2.19. The Kier molecular flexibility index (Phi) is 6.64. The summed E-state index contributed by atoms with van der Waals surface area (Å²) in [5.74, 6) is 0.0146. The molecule has 33 heavy (non-hydrogen) atoms. The summed E-state index contributed by atoms with van der Waals surface area (Å²) in [6.07, 6.45) is 0. The van der Waals surface area contributed by atoms with Gasteiger partial charge in [-0.25, -0.2) is 0 Å². The predicted molar refractivity (Wildman–Crippen MR) is 124 cm³/mol. The van der Waals surface area contributed by atoms with Crippen LogP contribution in [0.1, 0.15) is 27.2 Å². The van der Waals surface area contributed by atoms with Crippen LogP contribution in [0.4, 0.5) is 8.78 Å². The topological polar surface area (TPSA) is 62.4 Å². The monoisotopic (exact) mass is 530 g/mol. The molecule has 0 saturated heterocycles. The van der Waals surface area contributed by atoms with Crippen LogP contribution in [0.2, 0.25) is 10.0 Å². The summed E-state index contributed by atoms with van der Waals surface area (Å²) in [5.41, 5.74) is -0.373. The number of rotatable bonds is 5. The van der Waals surface area contributed by atoms with Crippen LogP contribution >= 0.6 is 46.6 Å². The third-order valence-corrected chi connectivity index (χ3v) is 7.31. The number of nitrogens with one attached hydrogen (secondary N) is 1. The molecule has 1 aromatic heterocycles. The molecule has 172 valence electrons. The normalized spacial score (nSPS) is 13.2. The van der Waals surface area contributed by atoms with Crippen molar-refractivity contribution in [1.29, 1.82) is 0 Å². The summed E-state index contributed by atoms with van der Waals surface area (Å²) in [6, 6.07) is 11.1. The van der Waals surface area contributed by atoms with Crippen molar-refractivity contribution in [2.75, 3.05) is 7.11 Å². The lowest BCUT2D eigenvalue weighted by Crippen LogP contribution is -2.32. The number of aromatic nitrogens is 1. The van der Waals surface area contributed by atoms with Gasteiger partial charge in [-0.3, -0.25) is 9.59 Å². The number of benzene rings is 2. The molecule has 0 fully saturated rings. The van der Waals surface area contributed by atoms with Crippen LogP contribution in [-0.2, 0) is 18.5 Å². The number of fused-ring (bicyclic) bond motifs is 1. The molecule has 1 N–H and O–H groups in total. The van der Waals surface area contributed by atoms with Crippen LogP contribution in [0.3, 0.4) is 0 Å². The van der Waals surface area contributed by atoms with Crippen molar-refractivity contribution in [3.63, 3.8) is 0 Å². The SMILES string of the molecule is COc1ccc2c(c1)CN(C(=O)c1c(Sc3c(Cl)cccc3Cl)cc(C(F)(F)Cl)[nH]c1=O)C2. The number of halogens is 5. The second-order valence-corrected chi connectivity index (χ2v) is 9.54. The summed E-state index contributed by atoms with van der Waals surface area (Å²) < 4.78 is 32.9. The van der Waals surface area contributed by atoms with Gasteiger partial charge in [0.25, 0.3) is 11.5 Å². The number of nitrogens with zero attached hydrogens (tertiary/aromatic N) is 1. The zero-order valence-corrected chi connectivity index (χ0v) is 20.0. The number of ether oxygens (including phenoxy) is 1. The number of hydrogen-bond acceptors (Lipinski definition) is 4. The third-order valence-electron chi connectivity index (χ3n) is 5.07. The van der Waals surface area contributed by atoms with Crippen LogP contribution in [0.5, 0.6) is 5.75 Å². The summed E-state index contributed by atoms with van der Waals surface area (Å²) in [7, 11) is 1.54. The molecule has 11 heteroatoms. The Labute approximate surface area is 206 Å². The molecule has 3 aromatic rings. The van der Waals surface area contributed by atoms with Crippen molar-refractivity contribution >= 4 is 52.5 Å². The predicted octanol–water partition coefficient (Wildman–Crippen LogP) is 6.29. The van der Waals surface area contributed by atoms with Gasteiger partial charge in [-0.05, 0) is 53.1 Å². The first-order valence-corrected chi connectivity index (χ1v) is 11.4. The van der Waals surface area contributed by atoms with E-state index in [0.29, 0.717) is 10.6 Å². The number of carbonyl (C=O) groups is 1. The van der Waals surface area contributed by atoms with Crippen LogP contribution in [0.25, 0.3) is 0 Å². The highest BCUT2D eigenvalue weighted by Gasteiger charge is 2.34. The van der Waals surface area contributed by atoms with Gasteiger partial charge < -0.3 is 14.6 Å². The van der Waals surface area contributed by atoms with E-state index in [1.807, 2.05) is 17.1 Å². The molecule has 1 aliphatic heterocycles. The second kappa shape index (κ2) is 9.18. The van der Waals surface area contributed by atoms with Gasteiger partial charge in [-0.1, -0.05) is 47.1 Å². The Morgan fingerprint density at radius 2 is 1.79 bits per heavy atom. The van der Waals surface area contributed by atoms with Gasteiger partial charge in [0.1, 0.15) is 17.0 Å². The molecule has 0 atom stereocenters. The van der Waals surface area contributed by atoms with Crippen molar-refractivity contribution in [2.24, 2.45) is 0 Å². The van der Waals surface area contributed by atoms with E-state index in [9.17, 15) is 18.4 Å². The summed E-state index contributed by atoms with van der Waals surface area (Å²) in [4.78, 5) is 30.0. The Bertz CT molecular complexity index is 1290. The number of amides is 1. The van der Waals surface area contributed by atoms with Crippen LogP contribution in [-0.4, -0.2) is 22.9 Å². The zero-order valence-electron chi connectivity index (χ0n) is 16.9. The number of carbonyl (C=O) groups excluding carboxylic acids is 1. The third kappa shape index (κ3) is 4.84. The van der Waals surface area contributed by atoms with E-state index in [-0.39, 0.29) is 33.6 Å². The number of pyridine rings is 1. The summed E-state index contributed by atoms with van der Waals surface area (Å²) in [6.45, 7) is 0.483. The molecule has 0 aliphatic carbocycles. The minimum Gasteiger partial charge on any atom is -0.497 e. The summed E-state index contributed by atoms with van der Waals surface area (Å²) in [5, 5.41) is -3.36. The Balaban J connectivity index is 1.77. The minimum atomic E-state index is -3.85. The standard InChI is InChI=1S/C22H15Cl3F2N2O3S/c1-32-13-6-5-11-9-29(10-12(11)7-13)21(31)18-16(8-17(22(25,26)27)28-20(18)30)33-19-14(23)3-2-4-15(19)24/h2-8H,9-10H2,1H3,(H,28,30). The molecule has 1 amide bonds. The number of H-pyrrole nitrogens is 1. The van der Waals surface area contributed by atoms with Gasteiger partial charge in [0.15, 0.2) is 0 Å². The van der Waals surface area contributed by atoms with Gasteiger partial charge in [0.05, 0.1) is 17.2 Å². The molecular formula is C22H15Cl3F2N2O3S. The first kappa shape index (κ1) is 23.9. The average molecular weight is 532 g/mol. The maximum absolute atomic E-state index is 13.8. The molecule has 4 rings (SSSR count). The van der Waals surface area contributed by atoms with Gasteiger partial charge in [0, 0.05) is 22.9 Å². The first-order chi connectivity index (χ1) is 15.6. The van der Waals surface area contributed by atoms with E-state index < -0.39 is 22.5 Å². The molecule has 0 bridgehead atoms. The fourth-order valence-electron chi connectivity index (χ4n) is 3.46. The zero-order chi connectivity index (χ0) is 23.9. The van der Waals surface area contributed by atoms with Gasteiger partial charge in [0.2, 0.25) is 0 Å². The van der Waals surface area contributed by atoms with E-state index in [1.54, 1.807) is 24.3 Å². The van der Waals surface area contributed by atoms with Gasteiger partial charge in [-0.15, -0.1) is 0 Å². The molecule has 1 aliphatic rings. The van der Waals surface area contributed by atoms with Crippen molar-refractivity contribution in [3.8, 4) is 5.75 Å². The maximum atomic E-state index is 13.8. The fraction of sp³-hybridized carbons (Fsp3) is 0.182. The minimum absolute atomic E-state index is 0.0392. The highest BCUT2D eigenvalue weighted by Crippen LogP contribution is 2.41. The quantitative estimate of drug-likeness (QED) is 0.393. The molecule has 0 spiro atoms. The first-order valence-electron chi connectivity index (χ1n) is 9.50. The maximum Gasteiger partial charge on any atom is 0.362 e. The highest BCUT2D eigenvalue weighted by atomic mass is 35.5. The molecular weight excluding hydrogens is 517 g/mol. The number of methoxy groups -OCH3 is 1. The average Bonchev–Trinajstić information content (AvgIpc) is 3.18. The lowest BCUT2D eigenvalue weighted by molar-refractivity contribution is 0.0740. The molecule has 0 radical (unpaired) electrons. The molecule has 2 aromatic carbocycles. The fourth-order valence-corrected chi connectivity index (χ4v) is 5.20. The second-order valence-electron chi connectivity index (χ2n) is 7.20. The number of hydrogen-bond donors (Lipinski definition) is 1. The van der Waals surface area contributed by atoms with Gasteiger partial charge in [-0.2, -0.15) is 8.78 Å². The van der Waals surface area contributed by atoms with Crippen LogP contribution in [0.15, 0.2) is 57.1 Å². The number of alkyl halides is 3. The van der Waals surface area contributed by atoms with Crippen LogP contribution < -0.4 is 10.3 Å².